The van der Waals surface area contributed by atoms with Crippen LogP contribution in [0.5, 0.6) is 11.5 Å². The molecule has 1 aromatic heterocycles. The molecule has 3 aromatic rings. The minimum atomic E-state index is 0.195. The summed E-state index contributed by atoms with van der Waals surface area (Å²) < 4.78 is 12.4. The molecular formula is C15H10Cl2N4O2S. The summed E-state index contributed by atoms with van der Waals surface area (Å²) in [5.41, 5.74) is 1.84. The number of hydrogen-bond donors (Lipinski definition) is 0. The Morgan fingerprint density at radius 2 is 1.96 bits per heavy atom. The second-order valence-corrected chi connectivity index (χ2v) is 6.74. The van der Waals surface area contributed by atoms with Gasteiger partial charge in [-0.15, -0.1) is 5.10 Å². The zero-order valence-corrected chi connectivity index (χ0v) is 14.5. The average Bonchev–Trinajstić information content (AvgIpc) is 3.22. The Labute approximate surface area is 151 Å². The molecule has 0 aliphatic carbocycles. The first-order valence-corrected chi connectivity index (χ1v) is 8.70. The van der Waals surface area contributed by atoms with Crippen molar-refractivity contribution in [1.82, 2.24) is 20.2 Å². The molecule has 4 rings (SSSR count). The third-order valence-corrected chi connectivity index (χ3v) is 4.89. The molecule has 0 amide bonds. The summed E-state index contributed by atoms with van der Waals surface area (Å²) in [5, 5.41) is 13.7. The van der Waals surface area contributed by atoms with Gasteiger partial charge in [-0.1, -0.05) is 35.0 Å². The van der Waals surface area contributed by atoms with Gasteiger partial charge in [-0.2, -0.15) is 4.68 Å². The first-order chi connectivity index (χ1) is 11.7. The minimum absolute atomic E-state index is 0.195. The van der Waals surface area contributed by atoms with E-state index in [1.165, 1.54) is 11.8 Å². The molecule has 0 atom stereocenters. The molecule has 122 valence electrons. The lowest BCUT2D eigenvalue weighted by Crippen LogP contribution is -1.98. The van der Waals surface area contributed by atoms with Crippen LogP contribution in [0.3, 0.4) is 0 Å². The first-order valence-electron chi connectivity index (χ1n) is 6.96. The zero-order valence-electron chi connectivity index (χ0n) is 12.1. The number of ether oxygens (including phenoxy) is 2. The molecule has 0 N–H and O–H groups in total. The molecule has 9 heteroatoms. The van der Waals surface area contributed by atoms with Gasteiger partial charge in [0.25, 0.3) is 0 Å². The Balaban J connectivity index is 1.54. The molecule has 0 saturated carbocycles. The van der Waals surface area contributed by atoms with E-state index in [0.717, 1.165) is 11.3 Å². The second kappa shape index (κ2) is 6.51. The molecule has 0 saturated heterocycles. The van der Waals surface area contributed by atoms with Gasteiger partial charge in [-0.3, -0.25) is 0 Å². The Kier molecular flexibility index (Phi) is 4.22. The van der Waals surface area contributed by atoms with Gasteiger partial charge in [0.1, 0.15) is 0 Å². The van der Waals surface area contributed by atoms with Gasteiger partial charge in [0.15, 0.2) is 11.5 Å². The van der Waals surface area contributed by atoms with E-state index in [0.29, 0.717) is 32.5 Å². The Hall–Kier alpha value is -1.96. The van der Waals surface area contributed by atoms with Crippen molar-refractivity contribution in [3.05, 3.63) is 52.0 Å². The summed E-state index contributed by atoms with van der Waals surface area (Å²) >= 11 is 13.6. The monoisotopic (exact) mass is 380 g/mol. The highest BCUT2D eigenvalue weighted by Crippen LogP contribution is 2.40. The lowest BCUT2D eigenvalue weighted by molar-refractivity contribution is 0.174. The molecule has 6 nitrogen and oxygen atoms in total. The first kappa shape index (κ1) is 15.6. The number of tetrazole rings is 1. The van der Waals surface area contributed by atoms with E-state index in [9.17, 15) is 0 Å². The summed E-state index contributed by atoms with van der Waals surface area (Å²) in [6.07, 6.45) is 0. The molecule has 0 fully saturated rings. The van der Waals surface area contributed by atoms with Crippen LogP contribution in [0.2, 0.25) is 10.0 Å². The van der Waals surface area contributed by atoms with Gasteiger partial charge in [0.05, 0.1) is 10.7 Å². The molecule has 0 radical (unpaired) electrons. The number of aromatic nitrogens is 4. The van der Waals surface area contributed by atoms with Crippen molar-refractivity contribution < 1.29 is 9.47 Å². The van der Waals surface area contributed by atoms with Crippen LogP contribution in [-0.4, -0.2) is 27.0 Å². The molecule has 0 spiro atoms. The second-order valence-electron chi connectivity index (χ2n) is 4.95. The Morgan fingerprint density at radius 3 is 2.79 bits per heavy atom. The fraction of sp³-hybridized carbons (Fsp3) is 0.133. The molecule has 0 unspecified atom stereocenters. The van der Waals surface area contributed by atoms with Gasteiger partial charge in [0, 0.05) is 10.8 Å². The quantitative estimate of drug-likeness (QED) is 0.637. The van der Waals surface area contributed by atoms with Crippen LogP contribution in [0.15, 0.2) is 41.6 Å². The van der Waals surface area contributed by atoms with E-state index >= 15 is 0 Å². The topological polar surface area (TPSA) is 62.1 Å². The van der Waals surface area contributed by atoms with Crippen molar-refractivity contribution in [2.24, 2.45) is 0 Å². The summed E-state index contributed by atoms with van der Waals surface area (Å²) in [7, 11) is 0. The smallest absolute Gasteiger partial charge is 0.231 e. The van der Waals surface area contributed by atoms with Crippen molar-refractivity contribution in [2.75, 3.05) is 6.79 Å². The van der Waals surface area contributed by atoms with Gasteiger partial charge in [-0.25, -0.2) is 0 Å². The van der Waals surface area contributed by atoms with Gasteiger partial charge in [-0.05, 0) is 52.4 Å². The Bertz CT molecular complexity index is 886. The van der Waals surface area contributed by atoms with Crippen LogP contribution < -0.4 is 9.47 Å². The largest absolute Gasteiger partial charge is 0.454 e. The third-order valence-electron chi connectivity index (χ3n) is 3.37. The van der Waals surface area contributed by atoms with Crippen molar-refractivity contribution in [3.8, 4) is 17.2 Å². The molecule has 24 heavy (non-hydrogen) atoms. The number of benzene rings is 2. The maximum atomic E-state index is 6.21. The van der Waals surface area contributed by atoms with Gasteiger partial charge >= 0.3 is 0 Å². The standard InChI is InChI=1S/C15H10Cl2N4O2S/c16-10-1-3-11(4-2-10)21-15(18-19-20-21)24-7-9-5-12(17)14-13(6-9)22-8-23-14/h1-6H,7-8H2. The molecular weight excluding hydrogens is 371 g/mol. The lowest BCUT2D eigenvalue weighted by Gasteiger charge is -2.06. The van der Waals surface area contributed by atoms with E-state index in [-0.39, 0.29) is 6.79 Å². The highest BCUT2D eigenvalue weighted by molar-refractivity contribution is 7.98. The molecule has 2 heterocycles. The lowest BCUT2D eigenvalue weighted by atomic mass is 10.2. The predicted octanol–water partition coefficient (Wildman–Crippen LogP) is 3.99. The molecule has 1 aliphatic rings. The van der Waals surface area contributed by atoms with Crippen LogP contribution in [0.4, 0.5) is 0 Å². The normalized spacial score (nSPS) is 12.6. The van der Waals surface area contributed by atoms with E-state index in [1.54, 1.807) is 16.8 Å². The van der Waals surface area contributed by atoms with Crippen molar-refractivity contribution >= 4 is 35.0 Å². The number of thioether (sulfide) groups is 1. The van der Waals surface area contributed by atoms with Crippen LogP contribution in [0.25, 0.3) is 5.69 Å². The molecule has 2 aromatic carbocycles. The van der Waals surface area contributed by atoms with Crippen LogP contribution in [-0.2, 0) is 5.75 Å². The maximum absolute atomic E-state index is 6.21. The van der Waals surface area contributed by atoms with Gasteiger partial charge < -0.3 is 9.47 Å². The highest BCUT2D eigenvalue weighted by atomic mass is 35.5. The SMILES string of the molecule is Clc1ccc(-n2nnnc2SCc2cc(Cl)c3c(c2)OCO3)cc1. The fourth-order valence-electron chi connectivity index (χ4n) is 2.27. The molecule has 1 aliphatic heterocycles. The zero-order chi connectivity index (χ0) is 16.5. The van der Waals surface area contributed by atoms with Crippen LogP contribution >= 0.6 is 35.0 Å². The number of nitrogens with zero attached hydrogens (tertiary/aromatic N) is 4. The number of halogens is 2. The van der Waals surface area contributed by atoms with E-state index in [2.05, 4.69) is 15.5 Å². The average molecular weight is 381 g/mol. The van der Waals surface area contributed by atoms with E-state index in [1.807, 2.05) is 24.3 Å². The number of rotatable bonds is 4. The van der Waals surface area contributed by atoms with E-state index < -0.39 is 0 Å². The maximum Gasteiger partial charge on any atom is 0.231 e. The van der Waals surface area contributed by atoms with Crippen LogP contribution in [0, 0.1) is 0 Å². The van der Waals surface area contributed by atoms with Crippen molar-refractivity contribution in [2.45, 2.75) is 10.9 Å². The predicted molar refractivity (Wildman–Crippen MR) is 91.3 cm³/mol. The highest BCUT2D eigenvalue weighted by Gasteiger charge is 2.19. The van der Waals surface area contributed by atoms with Crippen LogP contribution in [0.1, 0.15) is 5.56 Å². The third kappa shape index (κ3) is 3.02. The summed E-state index contributed by atoms with van der Waals surface area (Å²) in [6.45, 7) is 0.195. The van der Waals surface area contributed by atoms with E-state index in [4.69, 9.17) is 32.7 Å². The summed E-state index contributed by atoms with van der Waals surface area (Å²) in [6, 6.07) is 11.1. The summed E-state index contributed by atoms with van der Waals surface area (Å²) in [5.74, 6) is 1.90. The Morgan fingerprint density at radius 1 is 1.12 bits per heavy atom. The molecule has 0 bridgehead atoms. The van der Waals surface area contributed by atoms with Crippen molar-refractivity contribution in [1.29, 1.82) is 0 Å². The van der Waals surface area contributed by atoms with Crippen molar-refractivity contribution in [3.63, 3.8) is 0 Å². The number of hydrogen-bond acceptors (Lipinski definition) is 6. The fourth-order valence-corrected chi connectivity index (χ4v) is 3.50. The van der Waals surface area contributed by atoms with Gasteiger partial charge in [0.2, 0.25) is 11.9 Å². The number of fused-ring (bicyclic) bond motifs is 1. The summed E-state index contributed by atoms with van der Waals surface area (Å²) in [4.78, 5) is 0. The minimum Gasteiger partial charge on any atom is -0.454 e.